The minimum atomic E-state index is -0.253. The van der Waals surface area contributed by atoms with Crippen LogP contribution in [0.3, 0.4) is 0 Å². The Labute approximate surface area is 107 Å². The predicted octanol–water partition coefficient (Wildman–Crippen LogP) is 4.20. The zero-order valence-corrected chi connectivity index (χ0v) is 10.8. The molecule has 94 valence electrons. The Morgan fingerprint density at radius 1 is 0.944 bits per heavy atom. The van der Waals surface area contributed by atoms with Gasteiger partial charge in [-0.05, 0) is 47.7 Å². The lowest BCUT2D eigenvalue weighted by Crippen LogP contribution is -1.95. The number of nitrogen functional groups attached to an aromatic ring is 1. The van der Waals surface area contributed by atoms with E-state index in [1.54, 1.807) is 6.07 Å². The molecule has 0 spiro atoms. The zero-order valence-electron chi connectivity index (χ0n) is 10.8. The van der Waals surface area contributed by atoms with Crippen LogP contribution in [0.15, 0.2) is 36.4 Å². The fraction of sp³-hybridized carbons (Fsp3) is 0.250. The molecule has 0 aliphatic heterocycles. The quantitative estimate of drug-likeness (QED) is 0.803. The van der Waals surface area contributed by atoms with E-state index in [1.165, 1.54) is 23.3 Å². The van der Waals surface area contributed by atoms with Gasteiger partial charge in [-0.3, -0.25) is 0 Å². The molecule has 0 aliphatic carbocycles. The summed E-state index contributed by atoms with van der Waals surface area (Å²) in [6, 6.07) is 10.7. The maximum Gasteiger partial charge on any atom is 0.123 e. The molecule has 0 unspecified atom stereocenters. The van der Waals surface area contributed by atoms with Crippen LogP contribution in [0.1, 0.15) is 25.0 Å². The summed E-state index contributed by atoms with van der Waals surface area (Å²) in [6.07, 6.45) is 1.99. The smallest absolute Gasteiger partial charge is 0.123 e. The van der Waals surface area contributed by atoms with E-state index in [0.29, 0.717) is 5.69 Å². The highest BCUT2D eigenvalue weighted by Crippen LogP contribution is 2.28. The largest absolute Gasteiger partial charge is 0.398 e. The van der Waals surface area contributed by atoms with Gasteiger partial charge in [-0.25, -0.2) is 4.39 Å². The van der Waals surface area contributed by atoms with Crippen LogP contribution in [-0.4, -0.2) is 0 Å². The maximum atomic E-state index is 13.3. The van der Waals surface area contributed by atoms with Gasteiger partial charge in [-0.2, -0.15) is 0 Å². The van der Waals surface area contributed by atoms with E-state index in [9.17, 15) is 4.39 Å². The van der Waals surface area contributed by atoms with Gasteiger partial charge in [0.2, 0.25) is 0 Å². The van der Waals surface area contributed by atoms with Crippen molar-refractivity contribution in [2.45, 2.75) is 26.7 Å². The van der Waals surface area contributed by atoms with E-state index >= 15 is 0 Å². The molecule has 2 aromatic rings. The molecule has 0 heterocycles. The molecular formula is C16H18FN. The van der Waals surface area contributed by atoms with E-state index in [0.717, 1.165) is 24.0 Å². The highest BCUT2D eigenvalue weighted by molar-refractivity contribution is 5.76. The molecule has 2 rings (SSSR count). The molecule has 1 nitrogen and oxygen atoms in total. The molecule has 2 N–H and O–H groups in total. The average molecular weight is 243 g/mol. The summed E-state index contributed by atoms with van der Waals surface area (Å²) in [4.78, 5) is 0. The van der Waals surface area contributed by atoms with Gasteiger partial charge in [0.05, 0.1) is 0 Å². The number of rotatable bonds is 3. The monoisotopic (exact) mass is 243 g/mol. The molecule has 0 aromatic heterocycles. The Hall–Kier alpha value is -1.83. The maximum absolute atomic E-state index is 13.3. The van der Waals surface area contributed by atoms with Crippen molar-refractivity contribution in [1.82, 2.24) is 0 Å². The number of benzene rings is 2. The first-order valence-corrected chi connectivity index (χ1v) is 6.33. The molecule has 0 atom stereocenters. The van der Waals surface area contributed by atoms with Gasteiger partial charge in [-0.1, -0.05) is 32.0 Å². The van der Waals surface area contributed by atoms with Crippen molar-refractivity contribution < 1.29 is 4.39 Å². The summed E-state index contributed by atoms with van der Waals surface area (Å²) >= 11 is 0. The molecule has 0 radical (unpaired) electrons. The normalized spacial score (nSPS) is 10.6. The van der Waals surface area contributed by atoms with Crippen molar-refractivity contribution in [3.8, 4) is 11.1 Å². The zero-order chi connectivity index (χ0) is 13.1. The number of hydrogen-bond acceptors (Lipinski definition) is 1. The second-order valence-corrected chi connectivity index (χ2v) is 4.42. The van der Waals surface area contributed by atoms with Crippen LogP contribution < -0.4 is 5.73 Å². The van der Waals surface area contributed by atoms with Crippen LogP contribution in [0.25, 0.3) is 11.1 Å². The number of hydrogen-bond donors (Lipinski definition) is 1. The van der Waals surface area contributed by atoms with Crippen LogP contribution >= 0.6 is 0 Å². The van der Waals surface area contributed by atoms with Crippen LogP contribution in [0, 0.1) is 5.82 Å². The molecule has 0 saturated carbocycles. The Bertz CT molecular complexity index is 561. The molecule has 0 amide bonds. The summed E-state index contributed by atoms with van der Waals surface area (Å²) < 4.78 is 13.3. The number of aryl methyl sites for hydroxylation is 2. The highest BCUT2D eigenvalue weighted by atomic mass is 19.1. The Kier molecular flexibility index (Phi) is 3.66. The van der Waals surface area contributed by atoms with Gasteiger partial charge in [0.15, 0.2) is 0 Å². The molecule has 0 fully saturated rings. The van der Waals surface area contributed by atoms with Crippen molar-refractivity contribution in [3.63, 3.8) is 0 Å². The van der Waals surface area contributed by atoms with Crippen molar-refractivity contribution in [3.05, 3.63) is 53.3 Å². The third-order valence-electron chi connectivity index (χ3n) is 3.29. The highest BCUT2D eigenvalue weighted by Gasteiger charge is 2.07. The van der Waals surface area contributed by atoms with Crippen LogP contribution in [0.2, 0.25) is 0 Å². The predicted molar refractivity (Wildman–Crippen MR) is 75.0 cm³/mol. The lowest BCUT2D eigenvalue weighted by molar-refractivity contribution is 0.628. The second-order valence-electron chi connectivity index (χ2n) is 4.42. The molecule has 18 heavy (non-hydrogen) atoms. The van der Waals surface area contributed by atoms with Gasteiger partial charge < -0.3 is 5.73 Å². The third kappa shape index (κ3) is 2.37. The summed E-state index contributed by atoms with van der Waals surface area (Å²) in [6.45, 7) is 4.28. The number of anilines is 1. The van der Waals surface area contributed by atoms with E-state index in [-0.39, 0.29) is 5.82 Å². The number of nitrogens with two attached hydrogens (primary N) is 1. The molecular weight excluding hydrogens is 225 g/mol. The standard InChI is InChI=1S/C16H18FN/c1-3-11-5-6-13(9-12(11)4-2)15-10-14(17)7-8-16(15)18/h5-10H,3-4,18H2,1-2H3. The molecule has 2 heteroatoms. The summed E-state index contributed by atoms with van der Waals surface area (Å²) in [5, 5.41) is 0. The van der Waals surface area contributed by atoms with Gasteiger partial charge in [-0.15, -0.1) is 0 Å². The van der Waals surface area contributed by atoms with Crippen molar-refractivity contribution in [2.24, 2.45) is 0 Å². The lowest BCUT2D eigenvalue weighted by Gasteiger charge is -2.11. The summed E-state index contributed by atoms with van der Waals surface area (Å²) in [5.41, 5.74) is 10.9. The van der Waals surface area contributed by atoms with Gasteiger partial charge in [0.25, 0.3) is 0 Å². The summed E-state index contributed by atoms with van der Waals surface area (Å²) in [5.74, 6) is -0.253. The average Bonchev–Trinajstić information content (AvgIpc) is 2.40. The van der Waals surface area contributed by atoms with Crippen LogP contribution in [0.4, 0.5) is 10.1 Å². The molecule has 0 bridgehead atoms. The Balaban J connectivity index is 2.54. The van der Waals surface area contributed by atoms with Crippen LogP contribution in [0.5, 0.6) is 0 Å². The van der Waals surface area contributed by atoms with E-state index in [1.807, 2.05) is 6.07 Å². The fourth-order valence-electron chi connectivity index (χ4n) is 2.25. The summed E-state index contributed by atoms with van der Waals surface area (Å²) in [7, 11) is 0. The third-order valence-corrected chi connectivity index (χ3v) is 3.29. The molecule has 0 aliphatic rings. The van der Waals surface area contributed by atoms with Gasteiger partial charge in [0, 0.05) is 11.3 Å². The van der Waals surface area contributed by atoms with Gasteiger partial charge in [0.1, 0.15) is 5.82 Å². The fourth-order valence-corrected chi connectivity index (χ4v) is 2.25. The second kappa shape index (κ2) is 5.21. The van der Waals surface area contributed by atoms with Gasteiger partial charge >= 0.3 is 0 Å². The first kappa shape index (κ1) is 12.6. The SMILES string of the molecule is CCc1ccc(-c2cc(F)ccc2N)cc1CC. The minimum Gasteiger partial charge on any atom is -0.398 e. The molecule has 0 saturated heterocycles. The van der Waals surface area contributed by atoms with E-state index < -0.39 is 0 Å². The Morgan fingerprint density at radius 2 is 1.67 bits per heavy atom. The van der Waals surface area contributed by atoms with Crippen LogP contribution in [-0.2, 0) is 12.8 Å². The minimum absolute atomic E-state index is 0.253. The van der Waals surface area contributed by atoms with Crippen molar-refractivity contribution in [1.29, 1.82) is 0 Å². The first-order chi connectivity index (χ1) is 8.65. The van der Waals surface area contributed by atoms with Crippen molar-refractivity contribution in [2.75, 3.05) is 5.73 Å². The first-order valence-electron chi connectivity index (χ1n) is 6.33. The molecule has 2 aromatic carbocycles. The number of halogens is 1. The van der Waals surface area contributed by atoms with Crippen molar-refractivity contribution >= 4 is 5.69 Å². The topological polar surface area (TPSA) is 26.0 Å². The lowest BCUT2D eigenvalue weighted by atomic mass is 9.96. The van der Waals surface area contributed by atoms with E-state index in [2.05, 4.69) is 26.0 Å². The van der Waals surface area contributed by atoms with E-state index in [4.69, 9.17) is 5.73 Å². The Morgan fingerprint density at radius 3 is 2.33 bits per heavy atom.